The van der Waals surface area contributed by atoms with Gasteiger partial charge < -0.3 is 14.4 Å². The highest BCUT2D eigenvalue weighted by Gasteiger charge is 2.41. The van der Waals surface area contributed by atoms with Crippen LogP contribution in [0, 0.1) is 0 Å². The summed E-state index contributed by atoms with van der Waals surface area (Å²) in [6.45, 7) is 6.49. The van der Waals surface area contributed by atoms with Crippen molar-refractivity contribution in [3.8, 4) is 0 Å². The minimum Gasteiger partial charge on any atom is -0.381 e. The van der Waals surface area contributed by atoms with Crippen molar-refractivity contribution in [2.45, 2.75) is 37.3 Å². The first-order valence-corrected chi connectivity index (χ1v) is 9.39. The molecule has 3 fully saturated rings. The third-order valence-electron chi connectivity index (χ3n) is 6.02. The van der Waals surface area contributed by atoms with Crippen LogP contribution in [-0.4, -0.2) is 72.3 Å². The molecule has 1 unspecified atom stereocenters. The molecule has 3 saturated heterocycles. The van der Waals surface area contributed by atoms with Gasteiger partial charge in [-0.1, -0.05) is 0 Å². The largest absolute Gasteiger partial charge is 0.381 e. The summed E-state index contributed by atoms with van der Waals surface area (Å²) in [6.07, 6.45) is 6.10. The average molecular weight is 348 g/mol. The highest BCUT2D eigenvalue weighted by Crippen LogP contribution is 2.36. The summed E-state index contributed by atoms with van der Waals surface area (Å²) in [5.74, 6) is 0. The van der Waals surface area contributed by atoms with E-state index < -0.39 is 0 Å². The number of piperazine rings is 1. The van der Waals surface area contributed by atoms with Gasteiger partial charge in [-0.25, -0.2) is 4.68 Å². The first kappa shape index (κ1) is 17.0. The van der Waals surface area contributed by atoms with Crippen LogP contribution in [0.4, 0.5) is 5.69 Å². The van der Waals surface area contributed by atoms with Gasteiger partial charge in [0.1, 0.15) is 0 Å². The summed E-state index contributed by atoms with van der Waals surface area (Å²) >= 11 is 0. The number of anilines is 1. The maximum Gasteiger partial charge on any atom is 0.268 e. The van der Waals surface area contributed by atoms with E-state index in [2.05, 4.69) is 14.9 Å². The lowest BCUT2D eigenvalue weighted by atomic mass is 9.83. The molecule has 4 rings (SSSR count). The first-order chi connectivity index (χ1) is 12.2. The second-order valence-electron chi connectivity index (χ2n) is 7.49. The van der Waals surface area contributed by atoms with Crippen LogP contribution in [0.1, 0.15) is 25.7 Å². The fourth-order valence-corrected chi connectivity index (χ4v) is 4.38. The summed E-state index contributed by atoms with van der Waals surface area (Å²) in [5, 5.41) is 4.14. The molecule has 7 heteroatoms. The molecule has 0 bridgehead atoms. The van der Waals surface area contributed by atoms with Crippen molar-refractivity contribution in [1.82, 2.24) is 14.7 Å². The zero-order valence-corrected chi connectivity index (χ0v) is 15.0. The zero-order valence-electron chi connectivity index (χ0n) is 15.0. The van der Waals surface area contributed by atoms with Crippen molar-refractivity contribution in [2.75, 3.05) is 50.9 Å². The molecule has 25 heavy (non-hydrogen) atoms. The Balaban J connectivity index is 1.36. The van der Waals surface area contributed by atoms with Crippen LogP contribution >= 0.6 is 0 Å². The zero-order chi connectivity index (χ0) is 17.3. The number of ether oxygens (including phenoxy) is 2. The number of rotatable bonds is 2. The lowest BCUT2D eigenvalue weighted by Crippen LogP contribution is -2.56. The van der Waals surface area contributed by atoms with Crippen LogP contribution in [0.25, 0.3) is 0 Å². The quantitative estimate of drug-likeness (QED) is 0.781. The fraction of sp³-hybridized carbons (Fsp3) is 0.778. The van der Waals surface area contributed by atoms with E-state index in [1.807, 2.05) is 0 Å². The van der Waals surface area contributed by atoms with Gasteiger partial charge in [0.15, 0.2) is 0 Å². The highest BCUT2D eigenvalue weighted by atomic mass is 16.5. The standard InChI is InChI=1S/C18H28N4O3/c1-20-17(23)12-16(14-19-20)22-7-5-21(6-8-22)15-2-9-25-18(13-15)3-10-24-11-4-18/h12,14-15H,2-11,13H2,1H3. The molecule has 1 spiro atoms. The molecular weight excluding hydrogens is 320 g/mol. The summed E-state index contributed by atoms with van der Waals surface area (Å²) in [6, 6.07) is 2.30. The van der Waals surface area contributed by atoms with Gasteiger partial charge in [-0.2, -0.15) is 5.10 Å². The third-order valence-corrected chi connectivity index (χ3v) is 6.02. The van der Waals surface area contributed by atoms with Crippen LogP contribution in [0.2, 0.25) is 0 Å². The molecular formula is C18H28N4O3. The maximum atomic E-state index is 11.8. The number of hydrogen-bond donors (Lipinski definition) is 0. The van der Waals surface area contributed by atoms with Crippen LogP contribution < -0.4 is 10.5 Å². The van der Waals surface area contributed by atoms with Gasteiger partial charge in [-0.05, 0) is 25.7 Å². The Morgan fingerprint density at radius 3 is 2.64 bits per heavy atom. The van der Waals surface area contributed by atoms with Crippen molar-refractivity contribution in [3.63, 3.8) is 0 Å². The van der Waals surface area contributed by atoms with Crippen molar-refractivity contribution < 1.29 is 9.47 Å². The van der Waals surface area contributed by atoms with E-state index in [-0.39, 0.29) is 11.2 Å². The topological polar surface area (TPSA) is 59.8 Å². The van der Waals surface area contributed by atoms with E-state index in [9.17, 15) is 4.79 Å². The monoisotopic (exact) mass is 348 g/mol. The summed E-state index contributed by atoms with van der Waals surface area (Å²) < 4.78 is 13.1. The first-order valence-electron chi connectivity index (χ1n) is 9.39. The minimum absolute atomic E-state index is 0.0495. The molecule has 1 aromatic heterocycles. The van der Waals surface area contributed by atoms with Gasteiger partial charge in [-0.15, -0.1) is 0 Å². The summed E-state index contributed by atoms with van der Waals surface area (Å²) in [7, 11) is 1.68. The molecule has 7 nitrogen and oxygen atoms in total. The van der Waals surface area contributed by atoms with E-state index in [0.717, 1.165) is 77.4 Å². The lowest BCUT2D eigenvalue weighted by Gasteiger charge is -2.48. The second-order valence-corrected chi connectivity index (χ2v) is 7.49. The molecule has 0 amide bonds. The number of aryl methyl sites for hydroxylation is 1. The maximum absolute atomic E-state index is 11.8. The van der Waals surface area contributed by atoms with E-state index in [4.69, 9.17) is 9.47 Å². The lowest BCUT2D eigenvalue weighted by molar-refractivity contribution is -0.151. The molecule has 0 radical (unpaired) electrons. The Kier molecular flexibility index (Phi) is 4.80. The molecule has 4 heterocycles. The molecule has 3 aliphatic rings. The van der Waals surface area contributed by atoms with Crippen LogP contribution in [0.15, 0.2) is 17.1 Å². The molecule has 3 aliphatic heterocycles. The predicted octanol–water partition coefficient (Wildman–Crippen LogP) is 0.631. The molecule has 1 atom stereocenters. The number of aromatic nitrogens is 2. The van der Waals surface area contributed by atoms with Gasteiger partial charge in [0.25, 0.3) is 5.56 Å². The molecule has 138 valence electrons. The Morgan fingerprint density at radius 1 is 1.16 bits per heavy atom. The van der Waals surface area contributed by atoms with Gasteiger partial charge in [0.05, 0.1) is 17.5 Å². The Hall–Kier alpha value is -1.44. The Morgan fingerprint density at radius 2 is 1.92 bits per heavy atom. The fourth-order valence-electron chi connectivity index (χ4n) is 4.38. The minimum atomic E-state index is -0.0502. The SMILES string of the molecule is Cn1ncc(N2CCN(C3CCOC4(CCOCC4)C3)CC2)cc1=O. The van der Waals surface area contributed by atoms with E-state index in [1.165, 1.54) is 4.68 Å². The van der Waals surface area contributed by atoms with Crippen molar-refractivity contribution in [1.29, 1.82) is 0 Å². The van der Waals surface area contributed by atoms with Gasteiger partial charge in [-0.3, -0.25) is 9.69 Å². The summed E-state index contributed by atoms with van der Waals surface area (Å²) in [5.41, 5.74) is 0.940. The summed E-state index contributed by atoms with van der Waals surface area (Å²) in [4.78, 5) is 16.7. The molecule has 0 aliphatic carbocycles. The third kappa shape index (κ3) is 3.59. The van der Waals surface area contributed by atoms with Crippen molar-refractivity contribution >= 4 is 5.69 Å². The molecule has 0 aromatic carbocycles. The van der Waals surface area contributed by atoms with Crippen LogP contribution in [0.3, 0.4) is 0 Å². The van der Waals surface area contributed by atoms with Gasteiger partial charge >= 0.3 is 0 Å². The average Bonchev–Trinajstić information content (AvgIpc) is 2.65. The van der Waals surface area contributed by atoms with Crippen molar-refractivity contribution in [3.05, 3.63) is 22.6 Å². The predicted molar refractivity (Wildman–Crippen MR) is 95.0 cm³/mol. The highest BCUT2D eigenvalue weighted by molar-refractivity contribution is 5.43. The molecule has 0 N–H and O–H groups in total. The number of nitrogens with zero attached hydrogens (tertiary/aromatic N) is 4. The van der Waals surface area contributed by atoms with E-state index in [0.29, 0.717) is 6.04 Å². The smallest absolute Gasteiger partial charge is 0.268 e. The molecule has 1 aromatic rings. The van der Waals surface area contributed by atoms with Crippen LogP contribution in [-0.2, 0) is 16.5 Å². The Bertz CT molecular complexity index is 642. The normalized spacial score (nSPS) is 27.6. The second kappa shape index (κ2) is 7.05. The Labute approximate surface area is 148 Å². The molecule has 0 saturated carbocycles. The van der Waals surface area contributed by atoms with E-state index in [1.54, 1.807) is 19.3 Å². The van der Waals surface area contributed by atoms with E-state index >= 15 is 0 Å². The van der Waals surface area contributed by atoms with Crippen molar-refractivity contribution in [2.24, 2.45) is 7.05 Å². The van der Waals surface area contributed by atoms with Gasteiger partial charge in [0, 0.05) is 65.2 Å². The number of hydrogen-bond acceptors (Lipinski definition) is 6. The van der Waals surface area contributed by atoms with Crippen LogP contribution in [0.5, 0.6) is 0 Å². The van der Waals surface area contributed by atoms with Gasteiger partial charge in [0.2, 0.25) is 0 Å².